The minimum Gasteiger partial charge on any atom is -0.339 e. The first kappa shape index (κ1) is 22.8. The van der Waals surface area contributed by atoms with Crippen molar-refractivity contribution in [2.75, 3.05) is 11.9 Å². The lowest BCUT2D eigenvalue weighted by molar-refractivity contribution is -0.387. The first-order chi connectivity index (χ1) is 16.3. The van der Waals surface area contributed by atoms with Crippen molar-refractivity contribution in [3.63, 3.8) is 0 Å². The number of anilines is 2. The second kappa shape index (κ2) is 8.69. The molecule has 0 aliphatic carbocycles. The molecule has 3 heterocycles. The number of benzene rings is 2. The lowest BCUT2D eigenvalue weighted by Crippen LogP contribution is -2.35. The Kier molecular flexibility index (Phi) is 5.84. The first-order valence-corrected chi connectivity index (χ1v) is 13.3. The molecule has 1 N–H and O–H groups in total. The third kappa shape index (κ3) is 3.96. The molecule has 2 aromatic heterocycles. The van der Waals surface area contributed by atoms with Gasteiger partial charge in [-0.3, -0.25) is 10.1 Å². The van der Waals surface area contributed by atoms with Gasteiger partial charge in [-0.05, 0) is 58.6 Å². The number of rotatable bonds is 5. The van der Waals surface area contributed by atoms with E-state index in [-0.39, 0.29) is 18.0 Å². The number of hydrogen-bond acceptors (Lipinski definition) is 8. The summed E-state index contributed by atoms with van der Waals surface area (Å²) in [7, 11) is -4.05. The summed E-state index contributed by atoms with van der Waals surface area (Å²) in [5.74, 6) is 0.655. The SMILES string of the molecule is Cc1ccc(Nc2ncnc3sc4c(c23)CCN(S(=O)(=O)c2ccccc2[N+](=O)[O-])C4)c(Br)c1. The highest BCUT2D eigenvalue weighted by molar-refractivity contribution is 9.10. The number of aryl methyl sites for hydroxylation is 1. The van der Waals surface area contributed by atoms with Crippen LogP contribution in [-0.2, 0) is 23.0 Å². The van der Waals surface area contributed by atoms with Crippen molar-refractivity contribution in [2.45, 2.75) is 24.8 Å². The molecule has 34 heavy (non-hydrogen) atoms. The number of thiophene rings is 1. The summed E-state index contributed by atoms with van der Waals surface area (Å²) in [6.45, 7) is 2.34. The van der Waals surface area contributed by atoms with Crippen molar-refractivity contribution in [1.29, 1.82) is 0 Å². The fourth-order valence-electron chi connectivity index (χ4n) is 4.02. The Balaban J connectivity index is 1.51. The normalized spacial score (nSPS) is 14.2. The van der Waals surface area contributed by atoms with Crippen molar-refractivity contribution in [3.8, 4) is 0 Å². The van der Waals surface area contributed by atoms with Gasteiger partial charge in [-0.2, -0.15) is 4.31 Å². The molecule has 12 heteroatoms. The molecule has 0 amide bonds. The molecular weight excluding hydrogens is 542 g/mol. The van der Waals surface area contributed by atoms with Gasteiger partial charge in [-0.1, -0.05) is 18.2 Å². The molecule has 0 spiro atoms. The number of nitrogens with one attached hydrogen (secondary N) is 1. The molecule has 0 unspecified atom stereocenters. The van der Waals surface area contributed by atoms with Crippen molar-refractivity contribution in [1.82, 2.24) is 14.3 Å². The Bertz CT molecular complexity index is 1550. The minimum absolute atomic E-state index is 0.123. The lowest BCUT2D eigenvalue weighted by atomic mass is 10.1. The topological polar surface area (TPSA) is 118 Å². The second-order valence-corrected chi connectivity index (χ2v) is 11.7. The van der Waals surface area contributed by atoms with E-state index in [1.165, 1.54) is 46.2 Å². The average Bonchev–Trinajstić information content (AvgIpc) is 3.19. The predicted molar refractivity (Wildman–Crippen MR) is 134 cm³/mol. The van der Waals surface area contributed by atoms with E-state index in [1.54, 1.807) is 0 Å². The van der Waals surface area contributed by atoms with Gasteiger partial charge in [0.05, 0.1) is 16.0 Å². The maximum Gasteiger partial charge on any atom is 0.289 e. The van der Waals surface area contributed by atoms with Crippen LogP contribution in [0.25, 0.3) is 10.2 Å². The van der Waals surface area contributed by atoms with E-state index in [1.807, 2.05) is 25.1 Å². The zero-order valence-electron chi connectivity index (χ0n) is 17.9. The number of halogens is 1. The van der Waals surface area contributed by atoms with Crippen LogP contribution in [0.3, 0.4) is 0 Å². The molecule has 174 valence electrons. The number of hydrogen-bond donors (Lipinski definition) is 1. The average molecular weight is 560 g/mol. The Hall–Kier alpha value is -2.93. The van der Waals surface area contributed by atoms with Crippen LogP contribution in [0.4, 0.5) is 17.2 Å². The van der Waals surface area contributed by atoms with Gasteiger partial charge in [0, 0.05) is 28.5 Å². The van der Waals surface area contributed by atoms with Crippen LogP contribution in [-0.4, -0.2) is 34.2 Å². The monoisotopic (exact) mass is 559 g/mol. The zero-order chi connectivity index (χ0) is 24.0. The third-order valence-corrected chi connectivity index (χ3v) is 9.33. The summed E-state index contributed by atoms with van der Waals surface area (Å²) in [5.41, 5.74) is 2.56. The van der Waals surface area contributed by atoms with E-state index in [9.17, 15) is 18.5 Å². The molecule has 0 fully saturated rings. The first-order valence-electron chi connectivity index (χ1n) is 10.3. The molecule has 0 atom stereocenters. The fourth-order valence-corrected chi connectivity index (χ4v) is 7.46. The summed E-state index contributed by atoms with van der Waals surface area (Å²) in [6, 6.07) is 11.4. The van der Waals surface area contributed by atoms with E-state index < -0.39 is 20.6 Å². The van der Waals surface area contributed by atoms with Gasteiger partial charge >= 0.3 is 0 Å². The van der Waals surface area contributed by atoms with Crippen LogP contribution in [0.15, 0.2) is 58.2 Å². The Labute approximate surface area is 207 Å². The largest absolute Gasteiger partial charge is 0.339 e. The van der Waals surface area contributed by atoms with Crippen LogP contribution in [0.1, 0.15) is 16.0 Å². The molecule has 9 nitrogen and oxygen atoms in total. The van der Waals surface area contributed by atoms with Crippen LogP contribution in [0.5, 0.6) is 0 Å². The lowest BCUT2D eigenvalue weighted by Gasteiger charge is -2.26. The Morgan fingerprint density at radius 1 is 1.21 bits per heavy atom. The van der Waals surface area contributed by atoms with E-state index in [0.717, 1.165) is 36.4 Å². The quantitative estimate of drug-likeness (QED) is 0.265. The smallest absolute Gasteiger partial charge is 0.289 e. The van der Waals surface area contributed by atoms with Crippen LogP contribution in [0, 0.1) is 17.0 Å². The van der Waals surface area contributed by atoms with Crippen LogP contribution >= 0.6 is 27.3 Å². The van der Waals surface area contributed by atoms with Gasteiger partial charge in [0.1, 0.15) is 17.0 Å². The number of sulfonamides is 1. The van der Waals surface area contributed by atoms with Gasteiger partial charge in [0.15, 0.2) is 4.90 Å². The summed E-state index contributed by atoms with van der Waals surface area (Å²) >= 11 is 4.99. The van der Waals surface area contributed by atoms with Crippen molar-refractivity contribution in [2.24, 2.45) is 0 Å². The van der Waals surface area contributed by atoms with Gasteiger partial charge in [0.25, 0.3) is 5.69 Å². The summed E-state index contributed by atoms with van der Waals surface area (Å²) < 4.78 is 28.8. The fraction of sp³-hybridized carbons (Fsp3) is 0.182. The third-order valence-electron chi connectivity index (χ3n) is 5.66. The molecule has 4 aromatic rings. The number of aromatic nitrogens is 2. The minimum atomic E-state index is -4.05. The molecule has 5 rings (SSSR count). The highest BCUT2D eigenvalue weighted by atomic mass is 79.9. The maximum absolute atomic E-state index is 13.3. The van der Waals surface area contributed by atoms with Crippen molar-refractivity contribution >= 4 is 64.7 Å². The molecule has 0 bridgehead atoms. The molecule has 2 aromatic carbocycles. The molecule has 0 radical (unpaired) electrons. The van der Waals surface area contributed by atoms with E-state index >= 15 is 0 Å². The highest BCUT2D eigenvalue weighted by Gasteiger charge is 2.35. The Morgan fingerprint density at radius 2 is 2.00 bits per heavy atom. The zero-order valence-corrected chi connectivity index (χ0v) is 21.1. The molecule has 1 aliphatic rings. The number of nitro benzene ring substituents is 1. The van der Waals surface area contributed by atoms with Gasteiger partial charge in [-0.15, -0.1) is 11.3 Å². The number of para-hydroxylation sites is 1. The van der Waals surface area contributed by atoms with E-state index in [0.29, 0.717) is 12.2 Å². The van der Waals surface area contributed by atoms with Crippen molar-refractivity contribution < 1.29 is 13.3 Å². The predicted octanol–water partition coefficient (Wildman–Crippen LogP) is 5.16. The van der Waals surface area contributed by atoms with Gasteiger partial charge in [0.2, 0.25) is 10.0 Å². The second-order valence-electron chi connectivity index (χ2n) is 7.83. The maximum atomic E-state index is 13.3. The van der Waals surface area contributed by atoms with Crippen LogP contribution < -0.4 is 5.32 Å². The Morgan fingerprint density at radius 3 is 2.76 bits per heavy atom. The summed E-state index contributed by atoms with van der Waals surface area (Å²) in [5, 5.41) is 15.6. The van der Waals surface area contributed by atoms with Gasteiger partial charge in [-0.25, -0.2) is 18.4 Å². The van der Waals surface area contributed by atoms with Gasteiger partial charge < -0.3 is 5.32 Å². The highest BCUT2D eigenvalue weighted by Crippen LogP contribution is 2.40. The molecule has 0 saturated carbocycles. The van der Waals surface area contributed by atoms with E-state index in [4.69, 9.17) is 0 Å². The summed E-state index contributed by atoms with van der Waals surface area (Å²) in [6.07, 6.45) is 1.93. The molecule has 1 aliphatic heterocycles. The molecular formula is C22H18BrN5O4S2. The number of nitro groups is 1. The van der Waals surface area contributed by atoms with E-state index in [2.05, 4.69) is 31.2 Å². The van der Waals surface area contributed by atoms with Crippen LogP contribution in [0.2, 0.25) is 0 Å². The molecule has 0 saturated heterocycles. The van der Waals surface area contributed by atoms with Crippen molar-refractivity contribution in [3.05, 3.63) is 79.4 Å². The number of fused-ring (bicyclic) bond motifs is 3. The number of nitrogens with zero attached hydrogens (tertiary/aromatic N) is 4. The standard InChI is InChI=1S/C22H18BrN5O4S2/c1-13-6-7-16(15(23)10-13)26-21-20-14-8-9-27(11-18(14)33-22(20)25-12-24-21)34(31,32)19-5-3-2-4-17(19)28(29)30/h2-7,10,12H,8-9,11H2,1H3,(H,24,25,26). The summed E-state index contributed by atoms with van der Waals surface area (Å²) in [4.78, 5) is 20.9.